The highest BCUT2D eigenvalue weighted by atomic mass is 16.2. The molecule has 4 rings (SSSR count). The number of nitrogens with one attached hydrogen (secondary N) is 1. The van der Waals surface area contributed by atoms with Crippen molar-refractivity contribution in [1.82, 2.24) is 24.8 Å². The van der Waals surface area contributed by atoms with Crippen LogP contribution in [0.2, 0.25) is 0 Å². The Hall–Kier alpha value is -3.22. The summed E-state index contributed by atoms with van der Waals surface area (Å²) in [6.45, 7) is 2.79. The van der Waals surface area contributed by atoms with Gasteiger partial charge in [-0.05, 0) is 18.1 Å². The SMILES string of the molecule is Cc1cnc2cc(C(=O)N3CCNC(=O)CC3c3ccccc3)nn2c1. The molecule has 1 aliphatic rings. The van der Waals surface area contributed by atoms with Crippen LogP contribution in [0.1, 0.15) is 34.1 Å². The van der Waals surface area contributed by atoms with Crippen LogP contribution in [-0.2, 0) is 4.79 Å². The lowest BCUT2D eigenvalue weighted by molar-refractivity contribution is -0.121. The molecule has 1 unspecified atom stereocenters. The number of carbonyl (C=O) groups is 2. The van der Waals surface area contributed by atoms with Gasteiger partial charge in [0.2, 0.25) is 5.91 Å². The molecule has 0 aliphatic carbocycles. The number of hydrogen-bond donors (Lipinski definition) is 1. The van der Waals surface area contributed by atoms with Gasteiger partial charge < -0.3 is 10.2 Å². The number of fused-ring (bicyclic) bond motifs is 1. The van der Waals surface area contributed by atoms with E-state index in [0.717, 1.165) is 11.1 Å². The van der Waals surface area contributed by atoms with Crippen molar-refractivity contribution in [3.8, 4) is 0 Å². The number of aromatic nitrogens is 3. The lowest BCUT2D eigenvalue weighted by atomic mass is 10.0. The van der Waals surface area contributed by atoms with Gasteiger partial charge in [0.05, 0.1) is 12.5 Å². The van der Waals surface area contributed by atoms with Crippen LogP contribution in [-0.4, -0.2) is 44.4 Å². The van der Waals surface area contributed by atoms with E-state index in [4.69, 9.17) is 0 Å². The summed E-state index contributed by atoms with van der Waals surface area (Å²) in [5, 5.41) is 7.23. The maximum atomic E-state index is 13.2. The Morgan fingerprint density at radius 3 is 2.88 bits per heavy atom. The van der Waals surface area contributed by atoms with Crippen molar-refractivity contribution in [2.45, 2.75) is 19.4 Å². The monoisotopic (exact) mass is 349 g/mol. The first-order valence-electron chi connectivity index (χ1n) is 8.56. The highest BCUT2D eigenvalue weighted by molar-refractivity contribution is 5.94. The summed E-state index contributed by atoms with van der Waals surface area (Å²) in [5.41, 5.74) is 2.86. The van der Waals surface area contributed by atoms with E-state index in [0.29, 0.717) is 24.4 Å². The first-order chi connectivity index (χ1) is 12.6. The van der Waals surface area contributed by atoms with Crippen molar-refractivity contribution in [2.75, 3.05) is 13.1 Å². The molecule has 1 aliphatic heterocycles. The zero-order valence-electron chi connectivity index (χ0n) is 14.4. The number of rotatable bonds is 2. The van der Waals surface area contributed by atoms with Crippen LogP contribution in [0.4, 0.5) is 0 Å². The third-order valence-electron chi connectivity index (χ3n) is 4.54. The molecule has 0 bridgehead atoms. The molecular formula is C19H19N5O2. The maximum Gasteiger partial charge on any atom is 0.275 e. The van der Waals surface area contributed by atoms with E-state index >= 15 is 0 Å². The lowest BCUT2D eigenvalue weighted by Crippen LogP contribution is -2.36. The minimum Gasteiger partial charge on any atom is -0.354 e. The van der Waals surface area contributed by atoms with Gasteiger partial charge in [-0.1, -0.05) is 30.3 Å². The first kappa shape index (κ1) is 16.3. The van der Waals surface area contributed by atoms with Crippen LogP contribution in [0, 0.1) is 6.92 Å². The smallest absolute Gasteiger partial charge is 0.275 e. The van der Waals surface area contributed by atoms with E-state index in [9.17, 15) is 9.59 Å². The quantitative estimate of drug-likeness (QED) is 0.764. The normalized spacial score (nSPS) is 17.8. The van der Waals surface area contributed by atoms with Crippen molar-refractivity contribution in [1.29, 1.82) is 0 Å². The average molecular weight is 349 g/mol. The molecule has 1 fully saturated rings. The molecule has 0 spiro atoms. The van der Waals surface area contributed by atoms with Gasteiger partial charge in [0, 0.05) is 31.5 Å². The second-order valence-electron chi connectivity index (χ2n) is 6.44. The summed E-state index contributed by atoms with van der Waals surface area (Å²) < 4.78 is 1.61. The highest BCUT2D eigenvalue weighted by Gasteiger charge is 2.31. The Balaban J connectivity index is 1.71. The van der Waals surface area contributed by atoms with Gasteiger partial charge in [-0.2, -0.15) is 5.10 Å². The van der Waals surface area contributed by atoms with E-state index in [1.54, 1.807) is 21.7 Å². The molecule has 1 aromatic carbocycles. The Labute approximate surface area is 150 Å². The third-order valence-corrected chi connectivity index (χ3v) is 4.54. The topological polar surface area (TPSA) is 79.6 Å². The summed E-state index contributed by atoms with van der Waals surface area (Å²) in [7, 11) is 0. The van der Waals surface area contributed by atoms with Gasteiger partial charge >= 0.3 is 0 Å². The van der Waals surface area contributed by atoms with E-state index in [1.807, 2.05) is 43.5 Å². The van der Waals surface area contributed by atoms with Crippen molar-refractivity contribution in [3.63, 3.8) is 0 Å². The zero-order chi connectivity index (χ0) is 18.1. The van der Waals surface area contributed by atoms with Crippen LogP contribution in [0.25, 0.3) is 5.65 Å². The van der Waals surface area contributed by atoms with Crippen molar-refractivity contribution < 1.29 is 9.59 Å². The van der Waals surface area contributed by atoms with Gasteiger partial charge in [-0.3, -0.25) is 9.59 Å². The van der Waals surface area contributed by atoms with Gasteiger partial charge in [0.25, 0.3) is 5.91 Å². The van der Waals surface area contributed by atoms with Crippen LogP contribution in [0.5, 0.6) is 0 Å². The second-order valence-corrected chi connectivity index (χ2v) is 6.44. The van der Waals surface area contributed by atoms with Crippen LogP contribution in [0.15, 0.2) is 48.8 Å². The summed E-state index contributed by atoms with van der Waals surface area (Å²) in [6.07, 6.45) is 3.81. The van der Waals surface area contributed by atoms with Crippen LogP contribution in [0.3, 0.4) is 0 Å². The fraction of sp³-hybridized carbons (Fsp3) is 0.263. The minimum absolute atomic E-state index is 0.0542. The van der Waals surface area contributed by atoms with Crippen molar-refractivity contribution in [2.24, 2.45) is 0 Å². The number of nitrogens with zero attached hydrogens (tertiary/aromatic N) is 4. The summed E-state index contributed by atoms with van der Waals surface area (Å²) in [6, 6.07) is 11.0. The molecule has 26 heavy (non-hydrogen) atoms. The van der Waals surface area contributed by atoms with Gasteiger partial charge in [0.15, 0.2) is 11.3 Å². The van der Waals surface area contributed by atoms with E-state index < -0.39 is 0 Å². The Bertz CT molecular complexity index is 966. The molecule has 0 saturated carbocycles. The maximum absolute atomic E-state index is 13.2. The minimum atomic E-state index is -0.314. The van der Waals surface area contributed by atoms with Crippen molar-refractivity contribution >= 4 is 17.5 Å². The molecule has 3 heterocycles. The van der Waals surface area contributed by atoms with E-state index in [1.165, 1.54) is 0 Å². The highest BCUT2D eigenvalue weighted by Crippen LogP contribution is 2.27. The lowest BCUT2D eigenvalue weighted by Gasteiger charge is -2.28. The van der Waals surface area contributed by atoms with E-state index in [-0.39, 0.29) is 24.3 Å². The largest absolute Gasteiger partial charge is 0.354 e. The number of carbonyl (C=O) groups excluding carboxylic acids is 2. The molecule has 7 nitrogen and oxygen atoms in total. The van der Waals surface area contributed by atoms with Crippen LogP contribution >= 0.6 is 0 Å². The molecule has 132 valence electrons. The van der Waals surface area contributed by atoms with Crippen LogP contribution < -0.4 is 5.32 Å². The van der Waals surface area contributed by atoms with E-state index in [2.05, 4.69) is 15.4 Å². The van der Waals surface area contributed by atoms with Gasteiger partial charge in [-0.25, -0.2) is 9.50 Å². The molecule has 1 atom stereocenters. The number of aryl methyl sites for hydroxylation is 1. The van der Waals surface area contributed by atoms with Crippen molar-refractivity contribution in [3.05, 3.63) is 65.6 Å². The Kier molecular flexibility index (Phi) is 4.12. The Morgan fingerprint density at radius 1 is 1.27 bits per heavy atom. The number of amides is 2. The molecule has 7 heteroatoms. The molecular weight excluding hydrogens is 330 g/mol. The Morgan fingerprint density at radius 2 is 2.08 bits per heavy atom. The summed E-state index contributed by atoms with van der Waals surface area (Å²) >= 11 is 0. The fourth-order valence-corrected chi connectivity index (χ4v) is 3.27. The molecule has 1 saturated heterocycles. The summed E-state index contributed by atoms with van der Waals surface area (Å²) in [4.78, 5) is 31.3. The van der Waals surface area contributed by atoms with Gasteiger partial charge in [-0.15, -0.1) is 0 Å². The second kappa shape index (κ2) is 6.59. The average Bonchev–Trinajstić information content (AvgIpc) is 2.97. The molecule has 2 aromatic heterocycles. The molecule has 1 N–H and O–H groups in total. The third kappa shape index (κ3) is 3.03. The molecule has 2 amide bonds. The summed E-state index contributed by atoms with van der Waals surface area (Å²) in [5.74, 6) is -0.250. The predicted octanol–water partition coefficient (Wildman–Crippen LogP) is 1.74. The predicted molar refractivity (Wildman–Crippen MR) is 95.6 cm³/mol. The molecule has 0 radical (unpaired) electrons. The number of benzene rings is 1. The standard InChI is InChI=1S/C19H19N5O2/c1-13-11-21-17-9-15(22-24(17)12-13)19(26)23-8-7-20-18(25)10-16(23)14-5-3-2-4-6-14/h2-6,9,11-12,16H,7-8,10H2,1H3,(H,20,25). The molecule has 3 aromatic rings. The number of hydrogen-bond acceptors (Lipinski definition) is 4. The fourth-order valence-electron chi connectivity index (χ4n) is 3.27. The first-order valence-corrected chi connectivity index (χ1v) is 8.56. The van der Waals surface area contributed by atoms with Gasteiger partial charge in [0.1, 0.15) is 0 Å². The zero-order valence-corrected chi connectivity index (χ0v) is 14.4.